The lowest BCUT2D eigenvalue weighted by molar-refractivity contribution is 0.102. The summed E-state index contributed by atoms with van der Waals surface area (Å²) < 4.78 is 1.89. The van der Waals surface area contributed by atoms with Crippen LogP contribution in [0.1, 0.15) is 68.1 Å². The highest BCUT2D eigenvalue weighted by atomic mass is 16.3. The van der Waals surface area contributed by atoms with E-state index in [1.54, 1.807) is 38.2 Å². The second kappa shape index (κ2) is 8.20. The largest absolute Gasteiger partial charge is 0.378 e. The van der Waals surface area contributed by atoms with Crippen LogP contribution in [0.3, 0.4) is 0 Å². The summed E-state index contributed by atoms with van der Waals surface area (Å²) in [6, 6.07) is 7.32. The molecule has 0 bridgehead atoms. The molecule has 2 aromatic rings. The topological polar surface area (TPSA) is 67.2 Å². The van der Waals surface area contributed by atoms with Gasteiger partial charge >= 0.3 is 0 Å². The summed E-state index contributed by atoms with van der Waals surface area (Å²) in [5.41, 5.74) is 1.06. The van der Waals surface area contributed by atoms with E-state index in [-0.39, 0.29) is 11.9 Å². The van der Waals surface area contributed by atoms with Gasteiger partial charge in [0.2, 0.25) is 0 Å². The minimum atomic E-state index is -1.07. The zero-order valence-electron chi connectivity index (χ0n) is 16.1. The van der Waals surface area contributed by atoms with Gasteiger partial charge < -0.3 is 10.4 Å². The van der Waals surface area contributed by atoms with E-state index in [1.165, 1.54) is 0 Å². The smallest absolute Gasteiger partial charge is 0.256 e. The van der Waals surface area contributed by atoms with Crippen molar-refractivity contribution < 1.29 is 9.90 Å². The molecule has 2 rings (SSSR count). The number of amides is 1. The Bertz CT molecular complexity index is 831. The molecule has 0 saturated heterocycles. The maximum absolute atomic E-state index is 12.7. The van der Waals surface area contributed by atoms with Crippen molar-refractivity contribution in [3.63, 3.8) is 0 Å². The van der Waals surface area contributed by atoms with Gasteiger partial charge in [0, 0.05) is 16.7 Å². The summed E-state index contributed by atoms with van der Waals surface area (Å²) in [7, 11) is 0. The molecule has 2 N–H and O–H groups in total. The van der Waals surface area contributed by atoms with E-state index in [4.69, 9.17) is 0 Å². The first-order valence-electron chi connectivity index (χ1n) is 8.96. The van der Waals surface area contributed by atoms with Gasteiger partial charge in [0.15, 0.2) is 0 Å². The summed E-state index contributed by atoms with van der Waals surface area (Å²) in [4.78, 5) is 12.7. The number of hydrogen-bond acceptors (Lipinski definition) is 3. The number of nitrogens with one attached hydrogen (secondary N) is 1. The lowest BCUT2D eigenvalue weighted by Crippen LogP contribution is -2.19. The van der Waals surface area contributed by atoms with E-state index >= 15 is 0 Å². The Kier molecular flexibility index (Phi) is 6.23. The fourth-order valence-electron chi connectivity index (χ4n) is 2.66. The van der Waals surface area contributed by atoms with Crippen molar-refractivity contribution in [2.24, 2.45) is 0 Å². The van der Waals surface area contributed by atoms with Gasteiger partial charge in [-0.2, -0.15) is 5.10 Å². The van der Waals surface area contributed by atoms with Crippen molar-refractivity contribution in [2.45, 2.75) is 59.1 Å². The minimum absolute atomic E-state index is 0.201. The van der Waals surface area contributed by atoms with Crippen molar-refractivity contribution >= 4 is 11.7 Å². The second-order valence-electron chi connectivity index (χ2n) is 6.94. The summed E-state index contributed by atoms with van der Waals surface area (Å²) in [5, 5.41) is 17.1. The zero-order valence-corrected chi connectivity index (χ0v) is 16.1. The van der Waals surface area contributed by atoms with Crippen LogP contribution in [-0.2, 0) is 0 Å². The molecule has 5 nitrogen and oxygen atoms in total. The number of aryl methyl sites for hydroxylation is 1. The third-order valence-corrected chi connectivity index (χ3v) is 4.14. The highest BCUT2D eigenvalue weighted by Gasteiger charge is 2.17. The number of aliphatic hydroxyl groups is 1. The summed E-state index contributed by atoms with van der Waals surface area (Å²) >= 11 is 0. The quantitative estimate of drug-likeness (QED) is 0.801. The van der Waals surface area contributed by atoms with Crippen LogP contribution in [0.5, 0.6) is 0 Å². The Morgan fingerprint density at radius 2 is 2.04 bits per heavy atom. The van der Waals surface area contributed by atoms with Crippen LogP contribution in [0.2, 0.25) is 0 Å². The number of hydrogen-bond donors (Lipinski definition) is 2. The number of nitrogens with zero attached hydrogens (tertiary/aromatic N) is 2. The molecule has 5 heteroatoms. The molecule has 0 aliphatic carbocycles. The van der Waals surface area contributed by atoms with Gasteiger partial charge in [0.1, 0.15) is 11.4 Å². The number of carbonyl (C=O) groups excluding carboxylic acids is 1. The standard InChI is InChI=1S/C21H27N3O2/c1-6-18(7-2)24-19(15(3)14-22-24)23-20(25)17-10-8-9-16(13-17)11-12-21(4,5)26/h8-10,13-14,18,26H,6-7H2,1-5H3,(H,23,25). The Labute approximate surface area is 155 Å². The SMILES string of the molecule is CCC(CC)n1ncc(C)c1NC(=O)c1cccc(C#CC(C)(C)O)c1. The van der Waals surface area contributed by atoms with Gasteiger partial charge in [0.25, 0.3) is 5.91 Å². The van der Waals surface area contributed by atoms with Crippen molar-refractivity contribution in [3.05, 3.63) is 47.2 Å². The van der Waals surface area contributed by atoms with E-state index in [0.29, 0.717) is 11.1 Å². The first kappa shape index (κ1) is 19.7. The van der Waals surface area contributed by atoms with E-state index in [1.807, 2.05) is 17.7 Å². The van der Waals surface area contributed by atoms with Crippen molar-refractivity contribution in [1.29, 1.82) is 0 Å². The van der Waals surface area contributed by atoms with E-state index in [2.05, 4.69) is 36.1 Å². The van der Waals surface area contributed by atoms with Gasteiger partial charge in [-0.05, 0) is 51.8 Å². The minimum Gasteiger partial charge on any atom is -0.378 e. The Balaban J connectivity index is 2.26. The molecule has 0 aliphatic rings. The zero-order chi connectivity index (χ0) is 19.3. The molecule has 1 aromatic carbocycles. The molecule has 0 spiro atoms. The fourth-order valence-corrected chi connectivity index (χ4v) is 2.66. The van der Waals surface area contributed by atoms with Gasteiger partial charge in [-0.15, -0.1) is 0 Å². The predicted octanol–water partition coefficient (Wildman–Crippen LogP) is 3.93. The van der Waals surface area contributed by atoms with Crippen LogP contribution >= 0.6 is 0 Å². The average molecular weight is 353 g/mol. The molecule has 26 heavy (non-hydrogen) atoms. The molecule has 0 unspecified atom stereocenters. The molecule has 0 saturated carbocycles. The number of aromatic nitrogens is 2. The lowest BCUT2D eigenvalue weighted by atomic mass is 10.1. The summed E-state index contributed by atoms with van der Waals surface area (Å²) in [6.45, 7) is 9.41. The van der Waals surface area contributed by atoms with Crippen LogP contribution in [0, 0.1) is 18.8 Å². The maximum atomic E-state index is 12.7. The van der Waals surface area contributed by atoms with Crippen LogP contribution < -0.4 is 5.32 Å². The average Bonchev–Trinajstić information content (AvgIpc) is 2.95. The molecular weight excluding hydrogens is 326 g/mol. The van der Waals surface area contributed by atoms with Crippen molar-refractivity contribution in [2.75, 3.05) is 5.32 Å². The number of carbonyl (C=O) groups is 1. The molecule has 138 valence electrons. The molecule has 0 aliphatic heterocycles. The maximum Gasteiger partial charge on any atom is 0.256 e. The number of anilines is 1. The number of benzene rings is 1. The van der Waals surface area contributed by atoms with E-state index < -0.39 is 5.60 Å². The Morgan fingerprint density at radius 1 is 1.35 bits per heavy atom. The third kappa shape index (κ3) is 4.96. The first-order chi connectivity index (χ1) is 12.2. The highest BCUT2D eigenvalue weighted by molar-refractivity contribution is 6.04. The second-order valence-corrected chi connectivity index (χ2v) is 6.94. The van der Waals surface area contributed by atoms with Crippen LogP contribution in [0.25, 0.3) is 0 Å². The highest BCUT2D eigenvalue weighted by Crippen LogP contribution is 2.24. The third-order valence-electron chi connectivity index (χ3n) is 4.14. The predicted molar refractivity (Wildman–Crippen MR) is 104 cm³/mol. The van der Waals surface area contributed by atoms with Crippen molar-refractivity contribution in [1.82, 2.24) is 9.78 Å². The number of rotatable bonds is 5. The van der Waals surface area contributed by atoms with Gasteiger partial charge in [0.05, 0.1) is 12.2 Å². The Morgan fingerprint density at radius 3 is 2.65 bits per heavy atom. The van der Waals surface area contributed by atoms with Crippen LogP contribution in [0.15, 0.2) is 30.5 Å². The van der Waals surface area contributed by atoms with E-state index in [0.717, 1.165) is 24.2 Å². The monoisotopic (exact) mass is 353 g/mol. The van der Waals surface area contributed by atoms with E-state index in [9.17, 15) is 9.90 Å². The normalized spacial score (nSPS) is 11.2. The molecular formula is C21H27N3O2. The molecule has 0 atom stereocenters. The first-order valence-corrected chi connectivity index (χ1v) is 8.96. The summed E-state index contributed by atoms with van der Waals surface area (Å²) in [5.74, 6) is 6.19. The lowest BCUT2D eigenvalue weighted by Gasteiger charge is -2.17. The molecule has 1 amide bonds. The molecule has 1 aromatic heterocycles. The van der Waals surface area contributed by atoms with Gasteiger partial charge in [-0.3, -0.25) is 4.79 Å². The molecule has 0 radical (unpaired) electrons. The summed E-state index contributed by atoms with van der Waals surface area (Å²) in [6.07, 6.45) is 3.67. The Hall–Kier alpha value is -2.58. The molecule has 1 heterocycles. The molecule has 0 fully saturated rings. The van der Waals surface area contributed by atoms with Crippen molar-refractivity contribution in [3.8, 4) is 11.8 Å². The van der Waals surface area contributed by atoms with Gasteiger partial charge in [-0.1, -0.05) is 31.8 Å². The van der Waals surface area contributed by atoms with Crippen LogP contribution in [0.4, 0.5) is 5.82 Å². The van der Waals surface area contributed by atoms with Gasteiger partial charge in [-0.25, -0.2) is 4.68 Å². The van der Waals surface area contributed by atoms with Crippen LogP contribution in [-0.4, -0.2) is 26.4 Å². The fraction of sp³-hybridized carbons (Fsp3) is 0.429.